The van der Waals surface area contributed by atoms with Gasteiger partial charge in [-0.25, -0.2) is 4.98 Å². The molecular weight excluding hydrogens is 354 g/mol. The van der Waals surface area contributed by atoms with E-state index in [0.717, 1.165) is 28.3 Å². The number of thioether (sulfide) groups is 1. The molecule has 2 aromatic heterocycles. The first-order valence-corrected chi connectivity index (χ1v) is 9.90. The van der Waals surface area contributed by atoms with Gasteiger partial charge in [0, 0.05) is 37.9 Å². The van der Waals surface area contributed by atoms with Crippen LogP contribution >= 0.6 is 11.8 Å². The Kier molecular flexibility index (Phi) is 6.60. The van der Waals surface area contributed by atoms with Gasteiger partial charge in [-0.2, -0.15) is 0 Å². The molecular formula is C22H23N3OS. The van der Waals surface area contributed by atoms with Crippen molar-refractivity contribution >= 4 is 17.7 Å². The molecule has 0 atom stereocenters. The summed E-state index contributed by atoms with van der Waals surface area (Å²) < 4.78 is 0. The number of amides is 1. The summed E-state index contributed by atoms with van der Waals surface area (Å²) in [7, 11) is 1.83. The number of benzene rings is 1. The highest BCUT2D eigenvalue weighted by Gasteiger charge is 2.17. The number of hydrogen-bond acceptors (Lipinski definition) is 4. The van der Waals surface area contributed by atoms with E-state index in [9.17, 15) is 4.79 Å². The number of aryl methyl sites for hydroxylation is 2. The summed E-state index contributed by atoms with van der Waals surface area (Å²) in [4.78, 5) is 23.3. The van der Waals surface area contributed by atoms with Gasteiger partial charge in [0.25, 0.3) is 5.91 Å². The van der Waals surface area contributed by atoms with Crippen molar-refractivity contribution in [2.45, 2.75) is 24.9 Å². The molecule has 0 aliphatic heterocycles. The molecule has 0 radical (unpaired) electrons. The van der Waals surface area contributed by atoms with Gasteiger partial charge in [-0.3, -0.25) is 9.78 Å². The maximum Gasteiger partial charge on any atom is 0.256 e. The molecule has 0 aliphatic carbocycles. The summed E-state index contributed by atoms with van der Waals surface area (Å²) in [6.45, 7) is 2.56. The minimum Gasteiger partial charge on any atom is -0.337 e. The van der Waals surface area contributed by atoms with Gasteiger partial charge in [0.15, 0.2) is 0 Å². The molecule has 5 heteroatoms. The zero-order valence-corrected chi connectivity index (χ0v) is 16.4. The molecule has 27 heavy (non-hydrogen) atoms. The molecule has 0 bridgehead atoms. The third-order valence-corrected chi connectivity index (χ3v) is 5.37. The minimum atomic E-state index is -0.0125. The van der Waals surface area contributed by atoms with E-state index in [4.69, 9.17) is 0 Å². The SMILES string of the molecule is Cc1cnccc1CN(C)C(=O)c1cccnc1SCCc1ccccc1. The van der Waals surface area contributed by atoms with Gasteiger partial charge < -0.3 is 4.90 Å². The van der Waals surface area contributed by atoms with Crippen LogP contribution in [0.1, 0.15) is 27.0 Å². The Balaban J connectivity index is 1.67. The quantitative estimate of drug-likeness (QED) is 0.573. The lowest BCUT2D eigenvalue weighted by atomic mass is 10.1. The molecule has 0 unspecified atom stereocenters. The Morgan fingerprint density at radius 1 is 1.07 bits per heavy atom. The van der Waals surface area contributed by atoms with Crippen molar-refractivity contribution in [3.63, 3.8) is 0 Å². The number of carbonyl (C=O) groups excluding carboxylic acids is 1. The van der Waals surface area contributed by atoms with Crippen molar-refractivity contribution in [2.24, 2.45) is 0 Å². The first kappa shape index (κ1) is 19.1. The highest BCUT2D eigenvalue weighted by Crippen LogP contribution is 2.23. The Morgan fingerprint density at radius 3 is 2.67 bits per heavy atom. The molecule has 0 spiro atoms. The summed E-state index contributed by atoms with van der Waals surface area (Å²) >= 11 is 1.63. The Bertz CT molecular complexity index is 899. The fourth-order valence-corrected chi connectivity index (χ4v) is 3.77. The number of aromatic nitrogens is 2. The van der Waals surface area contributed by atoms with Crippen molar-refractivity contribution < 1.29 is 4.79 Å². The Hall–Kier alpha value is -2.66. The van der Waals surface area contributed by atoms with Crippen LogP contribution in [0.15, 0.2) is 72.1 Å². The van der Waals surface area contributed by atoms with Crippen LogP contribution in [0.3, 0.4) is 0 Å². The molecule has 4 nitrogen and oxygen atoms in total. The van der Waals surface area contributed by atoms with Crippen LogP contribution in [0, 0.1) is 6.92 Å². The van der Waals surface area contributed by atoms with Gasteiger partial charge in [-0.1, -0.05) is 30.3 Å². The second kappa shape index (κ2) is 9.33. The average molecular weight is 378 g/mol. The zero-order valence-electron chi connectivity index (χ0n) is 15.6. The molecule has 0 saturated heterocycles. The lowest BCUT2D eigenvalue weighted by Gasteiger charge is -2.19. The van der Waals surface area contributed by atoms with Crippen molar-refractivity contribution in [2.75, 3.05) is 12.8 Å². The monoisotopic (exact) mass is 377 g/mol. The summed E-state index contributed by atoms with van der Waals surface area (Å²) in [5.41, 5.74) is 4.13. The third kappa shape index (κ3) is 5.17. The standard InChI is InChI=1S/C22H23N3OS/c1-17-15-23-13-10-19(17)16-25(2)22(26)20-9-6-12-24-21(20)27-14-11-18-7-4-3-5-8-18/h3-10,12-13,15H,11,14,16H2,1-2H3. The molecule has 0 N–H and O–H groups in total. The minimum absolute atomic E-state index is 0.0125. The number of rotatable bonds is 7. The van der Waals surface area contributed by atoms with Gasteiger partial charge in [0.1, 0.15) is 5.03 Å². The number of nitrogens with zero attached hydrogens (tertiary/aromatic N) is 3. The van der Waals surface area contributed by atoms with Gasteiger partial charge in [-0.15, -0.1) is 11.8 Å². The average Bonchev–Trinajstić information content (AvgIpc) is 2.70. The van der Waals surface area contributed by atoms with Crippen LogP contribution in [0.2, 0.25) is 0 Å². The van der Waals surface area contributed by atoms with Crippen LogP contribution in [0.4, 0.5) is 0 Å². The topological polar surface area (TPSA) is 46.1 Å². The predicted molar refractivity (Wildman–Crippen MR) is 110 cm³/mol. The first-order chi connectivity index (χ1) is 13.1. The number of carbonyl (C=O) groups is 1. The van der Waals surface area contributed by atoms with Crippen molar-refractivity contribution in [3.8, 4) is 0 Å². The van der Waals surface area contributed by atoms with E-state index < -0.39 is 0 Å². The van der Waals surface area contributed by atoms with Crippen molar-refractivity contribution in [1.29, 1.82) is 0 Å². The van der Waals surface area contributed by atoms with Crippen molar-refractivity contribution in [3.05, 3.63) is 89.4 Å². The first-order valence-electron chi connectivity index (χ1n) is 8.92. The molecule has 0 saturated carbocycles. The van der Waals surface area contributed by atoms with E-state index in [2.05, 4.69) is 22.1 Å². The smallest absolute Gasteiger partial charge is 0.256 e. The van der Waals surface area contributed by atoms with Crippen LogP contribution < -0.4 is 0 Å². The van der Waals surface area contributed by atoms with E-state index >= 15 is 0 Å². The van der Waals surface area contributed by atoms with Crippen LogP contribution in [0.25, 0.3) is 0 Å². The predicted octanol–water partition coefficient (Wildman–Crippen LogP) is 4.39. The van der Waals surface area contributed by atoms with E-state index in [0.29, 0.717) is 12.1 Å². The molecule has 1 amide bonds. The van der Waals surface area contributed by atoms with Crippen LogP contribution in [-0.2, 0) is 13.0 Å². The molecule has 2 heterocycles. The number of hydrogen-bond donors (Lipinski definition) is 0. The lowest BCUT2D eigenvalue weighted by molar-refractivity contribution is 0.0780. The van der Waals surface area contributed by atoms with Crippen molar-refractivity contribution in [1.82, 2.24) is 14.9 Å². The molecule has 0 fully saturated rings. The van der Waals surface area contributed by atoms with Gasteiger partial charge in [0.05, 0.1) is 5.56 Å². The summed E-state index contributed by atoms with van der Waals surface area (Å²) in [6.07, 6.45) is 6.27. The highest BCUT2D eigenvalue weighted by molar-refractivity contribution is 7.99. The number of pyridine rings is 2. The van der Waals surface area contributed by atoms with E-state index in [1.165, 1.54) is 5.56 Å². The highest BCUT2D eigenvalue weighted by atomic mass is 32.2. The molecule has 0 aliphatic rings. The lowest BCUT2D eigenvalue weighted by Crippen LogP contribution is -2.27. The Morgan fingerprint density at radius 2 is 1.89 bits per heavy atom. The summed E-state index contributed by atoms with van der Waals surface area (Å²) in [5, 5.41) is 0.789. The fourth-order valence-electron chi connectivity index (χ4n) is 2.79. The molecule has 138 valence electrons. The maximum absolute atomic E-state index is 13.0. The van der Waals surface area contributed by atoms with Gasteiger partial charge >= 0.3 is 0 Å². The molecule has 3 rings (SSSR count). The molecule has 3 aromatic rings. The van der Waals surface area contributed by atoms with Crippen LogP contribution in [0.5, 0.6) is 0 Å². The summed E-state index contributed by atoms with van der Waals surface area (Å²) in [5.74, 6) is 0.871. The van der Waals surface area contributed by atoms with E-state index in [1.807, 2.05) is 56.6 Å². The zero-order chi connectivity index (χ0) is 19.1. The van der Waals surface area contributed by atoms with Crippen LogP contribution in [-0.4, -0.2) is 33.6 Å². The largest absolute Gasteiger partial charge is 0.337 e. The second-order valence-electron chi connectivity index (χ2n) is 6.40. The fraction of sp³-hybridized carbons (Fsp3) is 0.227. The van der Waals surface area contributed by atoms with E-state index in [1.54, 1.807) is 29.1 Å². The van der Waals surface area contributed by atoms with Gasteiger partial charge in [-0.05, 0) is 48.2 Å². The van der Waals surface area contributed by atoms with Gasteiger partial charge in [0.2, 0.25) is 0 Å². The third-order valence-electron chi connectivity index (χ3n) is 4.36. The Labute approximate surface area is 164 Å². The maximum atomic E-state index is 13.0. The molecule has 1 aromatic carbocycles. The van der Waals surface area contributed by atoms with E-state index in [-0.39, 0.29) is 5.91 Å². The normalized spacial score (nSPS) is 10.6. The second-order valence-corrected chi connectivity index (χ2v) is 7.49. The summed E-state index contributed by atoms with van der Waals surface area (Å²) in [6, 6.07) is 16.0.